The first-order valence-corrected chi connectivity index (χ1v) is 12.0. The highest BCUT2D eigenvalue weighted by molar-refractivity contribution is 7.66. The first kappa shape index (κ1) is 29.9. The molecule has 0 aromatic heterocycles. The molecule has 182 valence electrons. The van der Waals surface area contributed by atoms with E-state index in [1.807, 2.05) is 0 Å². The van der Waals surface area contributed by atoms with Gasteiger partial charge in [0.15, 0.2) is 5.72 Å². The molecule has 0 saturated heterocycles. The number of likely N-dealkylation sites (N-methyl/N-ethyl adjacent to an activating group) is 1. The topological polar surface area (TPSA) is 265 Å². The highest BCUT2D eigenvalue weighted by Gasteiger charge is 2.46. The molecule has 3 unspecified atom stereocenters. The molecule has 0 aliphatic rings. The Morgan fingerprint density at radius 1 is 1.23 bits per heavy atom. The summed E-state index contributed by atoms with van der Waals surface area (Å²) in [5.41, 5.74) is 2.83. The number of amides is 2. The van der Waals surface area contributed by atoms with Gasteiger partial charge in [-0.05, 0) is 0 Å². The minimum atomic E-state index is -5.83. The third-order valence-electron chi connectivity index (χ3n) is 3.06. The Hall–Kier alpha value is -1.10. The smallest absolute Gasteiger partial charge is 0.383 e. The van der Waals surface area contributed by atoms with Crippen molar-refractivity contribution < 1.29 is 70.2 Å². The molecule has 0 bridgehead atoms. The fraction of sp³-hybridized carbons (Fsp3) is 0.600. The number of hydrogen-bond acceptors (Lipinski definition) is 11. The van der Waals surface area contributed by atoms with Crippen LogP contribution in [0.3, 0.4) is 0 Å². The normalized spacial score (nSPS) is 20.2. The van der Waals surface area contributed by atoms with Gasteiger partial charge in [-0.3, -0.25) is 24.7 Å². The average molecular weight is 519 g/mol. The second-order valence-electron chi connectivity index (χ2n) is 5.32. The second kappa shape index (κ2) is 11.7. The third kappa shape index (κ3) is 10.9. The van der Waals surface area contributed by atoms with Crippen molar-refractivity contribution in [1.29, 1.82) is 0 Å². The fourth-order valence-electron chi connectivity index (χ4n) is 1.56. The van der Waals surface area contributed by atoms with E-state index in [1.54, 1.807) is 0 Å². The first-order chi connectivity index (χ1) is 13.9. The number of nitrogens with two attached hydrogens (primary N) is 1. The predicted octanol–water partition coefficient (Wildman–Crippen LogP) is -1.99. The molecule has 0 aliphatic heterocycles. The molecular weight excluding hydrogens is 498 g/mol. The summed E-state index contributed by atoms with van der Waals surface area (Å²) in [6.45, 7) is -1.43. The van der Waals surface area contributed by atoms with Crippen LogP contribution in [0, 0.1) is 0 Å². The number of carbonyl (C=O) groups excluding carboxylic acids is 2. The molecule has 0 aromatic carbocycles. The van der Waals surface area contributed by atoms with Gasteiger partial charge in [0.05, 0.1) is 0 Å². The quantitative estimate of drug-likeness (QED) is 0.0430. The number of methoxy groups -OCH3 is 1. The number of carbonyl (C=O) groups is 2. The lowest BCUT2D eigenvalue weighted by Crippen LogP contribution is -2.61. The first-order valence-electron chi connectivity index (χ1n) is 7.49. The number of phosphoric acid groups is 3. The monoisotopic (exact) mass is 519 g/mol. The van der Waals surface area contributed by atoms with E-state index in [9.17, 15) is 37.7 Å². The van der Waals surface area contributed by atoms with E-state index >= 15 is 0 Å². The maximum absolute atomic E-state index is 14.5. The fourth-order valence-corrected chi connectivity index (χ4v) is 4.62. The Bertz CT molecular complexity index is 806. The lowest BCUT2D eigenvalue weighted by Gasteiger charge is -2.36. The van der Waals surface area contributed by atoms with E-state index in [1.165, 1.54) is 7.05 Å². The van der Waals surface area contributed by atoms with Crippen molar-refractivity contribution in [3.8, 4) is 0 Å². The summed E-state index contributed by atoms with van der Waals surface area (Å²) >= 11 is 0. The summed E-state index contributed by atoms with van der Waals surface area (Å²) in [4.78, 5) is 57.6. The minimum Gasteiger partial charge on any atom is -0.383 e. The standard InChI is InChI=1S/C10H21FN3O14P3/c1-13-7(16)3-4-14(6-15)9(11)8(17)10(12,25-2)5-26-30(21,22)28-31(23,24)27-29(18,19)20/h3-4,6,8-9,17H,5,12H2,1-2H3,(H,13,16)(H,21,22)(H,23,24)(H2,18,19,20)/b4-3-/t8-,9?,10+/m0/s1. The van der Waals surface area contributed by atoms with Gasteiger partial charge in [0.2, 0.25) is 18.6 Å². The average Bonchev–Trinajstić information content (AvgIpc) is 2.62. The van der Waals surface area contributed by atoms with E-state index in [0.29, 0.717) is 12.3 Å². The van der Waals surface area contributed by atoms with Gasteiger partial charge in [-0.25, -0.2) is 18.1 Å². The van der Waals surface area contributed by atoms with Crippen LogP contribution in [0.15, 0.2) is 12.3 Å². The molecule has 0 fully saturated rings. The molecule has 0 radical (unpaired) electrons. The van der Waals surface area contributed by atoms with Crippen molar-refractivity contribution in [2.24, 2.45) is 5.73 Å². The van der Waals surface area contributed by atoms with Gasteiger partial charge in [0.25, 0.3) is 0 Å². The Kier molecular flexibility index (Phi) is 11.3. The number of ether oxygens (including phenoxy) is 1. The zero-order valence-corrected chi connectivity index (χ0v) is 18.4. The molecule has 8 N–H and O–H groups in total. The zero-order valence-electron chi connectivity index (χ0n) is 15.7. The Balaban J connectivity index is 5.37. The van der Waals surface area contributed by atoms with E-state index in [4.69, 9.17) is 20.4 Å². The largest absolute Gasteiger partial charge is 0.490 e. The number of alkyl halides is 1. The molecule has 2 amide bonds. The number of nitrogens with zero attached hydrogens (tertiary/aromatic N) is 1. The van der Waals surface area contributed by atoms with Crippen LogP contribution >= 0.6 is 23.5 Å². The van der Waals surface area contributed by atoms with Crippen LogP contribution < -0.4 is 11.1 Å². The van der Waals surface area contributed by atoms with Gasteiger partial charge >= 0.3 is 23.5 Å². The van der Waals surface area contributed by atoms with Gasteiger partial charge in [-0.2, -0.15) is 8.62 Å². The SMILES string of the molecule is CNC(=O)/C=C\N(C=O)C(F)[C@H](O)[C@@](N)(COP(=O)(O)OP(=O)(O)OP(=O)(O)O)OC. The number of hydrogen-bond donors (Lipinski definition) is 7. The van der Waals surface area contributed by atoms with Crippen LogP contribution in [0.25, 0.3) is 0 Å². The number of halogens is 1. The molecule has 0 heterocycles. The van der Waals surface area contributed by atoms with E-state index in [-0.39, 0.29) is 11.3 Å². The van der Waals surface area contributed by atoms with Crippen LogP contribution in [-0.2, 0) is 41.2 Å². The van der Waals surface area contributed by atoms with Gasteiger partial charge in [0.1, 0.15) is 12.7 Å². The minimum absolute atomic E-state index is 0.144. The summed E-state index contributed by atoms with van der Waals surface area (Å²) in [6.07, 6.45) is -4.02. The van der Waals surface area contributed by atoms with E-state index in [0.717, 1.165) is 7.11 Å². The van der Waals surface area contributed by atoms with E-state index in [2.05, 4.69) is 23.2 Å². The Morgan fingerprint density at radius 3 is 2.19 bits per heavy atom. The number of aliphatic hydroxyl groups excluding tert-OH is 1. The molecule has 0 spiro atoms. The van der Waals surface area contributed by atoms with Crippen molar-refractivity contribution in [3.63, 3.8) is 0 Å². The van der Waals surface area contributed by atoms with Crippen molar-refractivity contribution in [2.75, 3.05) is 20.8 Å². The van der Waals surface area contributed by atoms with Crippen molar-refractivity contribution >= 4 is 35.8 Å². The summed E-state index contributed by atoms with van der Waals surface area (Å²) in [5.74, 6) is -0.744. The summed E-state index contributed by atoms with van der Waals surface area (Å²) in [6, 6.07) is 0. The molecule has 5 atom stereocenters. The predicted molar refractivity (Wildman–Crippen MR) is 95.8 cm³/mol. The van der Waals surface area contributed by atoms with Gasteiger partial charge in [-0.1, -0.05) is 0 Å². The van der Waals surface area contributed by atoms with Gasteiger partial charge < -0.3 is 34.7 Å². The van der Waals surface area contributed by atoms with Crippen molar-refractivity contribution in [3.05, 3.63) is 12.3 Å². The van der Waals surface area contributed by atoms with Gasteiger partial charge in [-0.15, -0.1) is 0 Å². The third-order valence-corrected chi connectivity index (χ3v) is 6.84. The maximum Gasteiger partial charge on any atom is 0.490 e. The zero-order chi connectivity index (χ0) is 24.7. The molecule has 17 nitrogen and oxygen atoms in total. The Labute approximate surface area is 174 Å². The van der Waals surface area contributed by atoms with Crippen LogP contribution in [0.4, 0.5) is 4.39 Å². The number of nitrogens with one attached hydrogen (secondary N) is 1. The summed E-state index contributed by atoms with van der Waals surface area (Å²) in [5, 5.41) is 12.2. The lowest BCUT2D eigenvalue weighted by atomic mass is 10.1. The van der Waals surface area contributed by atoms with Crippen molar-refractivity contribution in [2.45, 2.75) is 18.1 Å². The molecule has 0 aliphatic carbocycles. The summed E-state index contributed by atoms with van der Waals surface area (Å²) in [7, 11) is -15.1. The summed E-state index contributed by atoms with van der Waals surface area (Å²) < 4.78 is 63.7. The molecular formula is C10H21FN3O14P3. The molecule has 0 rings (SSSR count). The van der Waals surface area contributed by atoms with Crippen LogP contribution in [0.2, 0.25) is 0 Å². The van der Waals surface area contributed by atoms with Crippen LogP contribution in [0.1, 0.15) is 0 Å². The van der Waals surface area contributed by atoms with Gasteiger partial charge in [0, 0.05) is 26.4 Å². The molecule has 21 heteroatoms. The van der Waals surface area contributed by atoms with Crippen LogP contribution in [-0.4, -0.2) is 80.8 Å². The van der Waals surface area contributed by atoms with E-state index < -0.39 is 54.1 Å². The van der Waals surface area contributed by atoms with Crippen molar-refractivity contribution in [1.82, 2.24) is 10.2 Å². The molecule has 0 aromatic rings. The van der Waals surface area contributed by atoms with Crippen LogP contribution in [0.5, 0.6) is 0 Å². The maximum atomic E-state index is 14.5. The molecule has 0 saturated carbocycles. The lowest BCUT2D eigenvalue weighted by molar-refractivity contribution is -0.167. The number of phosphoric ester groups is 1. The highest BCUT2D eigenvalue weighted by Crippen LogP contribution is 2.66. The second-order valence-corrected chi connectivity index (χ2v) is 9.74. The number of rotatable bonds is 14. The Morgan fingerprint density at radius 2 is 1.77 bits per heavy atom. The highest BCUT2D eigenvalue weighted by atomic mass is 31.3. The number of aliphatic hydroxyl groups is 1. The molecule has 31 heavy (non-hydrogen) atoms.